The molecule has 0 radical (unpaired) electrons. The van der Waals surface area contributed by atoms with Crippen molar-refractivity contribution >= 4 is 10.9 Å². The molecule has 90 valence electrons. The highest BCUT2D eigenvalue weighted by molar-refractivity contribution is 5.88. The maximum absolute atomic E-state index is 13.5. The minimum atomic E-state index is -0.141. The summed E-state index contributed by atoms with van der Waals surface area (Å²) in [5.74, 6) is -0.141. The summed E-state index contributed by atoms with van der Waals surface area (Å²) in [4.78, 5) is 3.47. The number of aromatic amines is 1. The van der Waals surface area contributed by atoms with E-state index in [1.807, 2.05) is 14.0 Å². The van der Waals surface area contributed by atoms with Gasteiger partial charge in [-0.15, -0.1) is 0 Å². The van der Waals surface area contributed by atoms with Gasteiger partial charge in [0.2, 0.25) is 0 Å². The van der Waals surface area contributed by atoms with E-state index in [9.17, 15) is 4.39 Å². The van der Waals surface area contributed by atoms with Crippen LogP contribution in [0.5, 0.6) is 0 Å². The zero-order chi connectivity index (χ0) is 12.0. The third-order valence-corrected chi connectivity index (χ3v) is 3.81. The molecule has 1 aliphatic rings. The highest BCUT2D eigenvalue weighted by Gasteiger charge is 2.24. The standard InChI is InChI=1S/C14H17FN2/c1-8-6-9(15)7-10-13-11(16-2)4-3-5-12(13)17-14(8)10/h6-7,11,16-17H,3-5H2,1-2H3. The minimum absolute atomic E-state index is 0.141. The Kier molecular flexibility index (Phi) is 2.44. The Morgan fingerprint density at radius 1 is 1.41 bits per heavy atom. The lowest BCUT2D eigenvalue weighted by atomic mass is 9.90. The summed E-state index contributed by atoms with van der Waals surface area (Å²) in [6.45, 7) is 1.96. The van der Waals surface area contributed by atoms with Crippen molar-refractivity contribution in [1.29, 1.82) is 0 Å². The van der Waals surface area contributed by atoms with E-state index in [1.165, 1.54) is 17.7 Å². The van der Waals surface area contributed by atoms with Crippen LogP contribution in [-0.4, -0.2) is 12.0 Å². The quantitative estimate of drug-likeness (QED) is 0.776. The van der Waals surface area contributed by atoms with Gasteiger partial charge in [-0.05, 0) is 56.5 Å². The third-order valence-electron chi connectivity index (χ3n) is 3.81. The summed E-state index contributed by atoms with van der Waals surface area (Å²) in [5, 5.41) is 4.39. The van der Waals surface area contributed by atoms with Crippen molar-refractivity contribution in [3.8, 4) is 0 Å². The first-order chi connectivity index (χ1) is 8.20. The molecule has 1 unspecified atom stereocenters. The van der Waals surface area contributed by atoms with Gasteiger partial charge in [-0.3, -0.25) is 0 Å². The summed E-state index contributed by atoms with van der Waals surface area (Å²) in [6.07, 6.45) is 3.39. The van der Waals surface area contributed by atoms with Gasteiger partial charge in [0.15, 0.2) is 0 Å². The summed E-state index contributed by atoms with van der Waals surface area (Å²) in [6, 6.07) is 3.61. The molecule has 3 heteroatoms. The molecule has 0 fully saturated rings. The number of hydrogen-bond donors (Lipinski definition) is 2. The molecular formula is C14H17FN2. The van der Waals surface area contributed by atoms with Crippen LogP contribution in [-0.2, 0) is 6.42 Å². The molecule has 0 saturated heterocycles. The lowest BCUT2D eigenvalue weighted by Crippen LogP contribution is -2.20. The minimum Gasteiger partial charge on any atom is -0.358 e. The van der Waals surface area contributed by atoms with Crippen molar-refractivity contribution in [2.24, 2.45) is 0 Å². The van der Waals surface area contributed by atoms with Crippen LogP contribution in [0.15, 0.2) is 12.1 Å². The van der Waals surface area contributed by atoms with Gasteiger partial charge in [-0.25, -0.2) is 4.39 Å². The van der Waals surface area contributed by atoms with Crippen LogP contribution < -0.4 is 5.32 Å². The van der Waals surface area contributed by atoms with Crippen molar-refractivity contribution in [2.75, 3.05) is 7.05 Å². The number of H-pyrrole nitrogens is 1. The molecule has 2 nitrogen and oxygen atoms in total. The predicted molar refractivity (Wildman–Crippen MR) is 67.7 cm³/mol. The van der Waals surface area contributed by atoms with Crippen LogP contribution in [0.2, 0.25) is 0 Å². The maximum Gasteiger partial charge on any atom is 0.124 e. The van der Waals surface area contributed by atoms with E-state index < -0.39 is 0 Å². The summed E-state index contributed by atoms with van der Waals surface area (Å²) in [7, 11) is 1.98. The van der Waals surface area contributed by atoms with Gasteiger partial charge in [-0.2, -0.15) is 0 Å². The first-order valence-corrected chi connectivity index (χ1v) is 6.18. The SMILES string of the molecule is CNC1CCCc2[nH]c3c(C)cc(F)cc3c21. The summed E-state index contributed by atoms with van der Waals surface area (Å²) in [5.41, 5.74) is 4.64. The molecule has 17 heavy (non-hydrogen) atoms. The second-order valence-corrected chi connectivity index (χ2v) is 4.90. The molecular weight excluding hydrogens is 215 g/mol. The topological polar surface area (TPSA) is 27.8 Å². The Labute approximate surface area is 100 Å². The van der Waals surface area contributed by atoms with Crippen LogP contribution in [0, 0.1) is 12.7 Å². The Bertz CT molecular complexity index is 571. The van der Waals surface area contributed by atoms with Crippen LogP contribution in [0.1, 0.15) is 35.7 Å². The number of rotatable bonds is 1. The van der Waals surface area contributed by atoms with E-state index in [1.54, 1.807) is 12.1 Å². The molecule has 1 heterocycles. The number of benzene rings is 1. The number of halogens is 1. The molecule has 0 aliphatic heterocycles. The molecule has 0 bridgehead atoms. The first kappa shape index (κ1) is 10.8. The summed E-state index contributed by atoms with van der Waals surface area (Å²) < 4.78 is 13.5. The fourth-order valence-electron chi connectivity index (χ4n) is 3.01. The van der Waals surface area contributed by atoms with Crippen molar-refractivity contribution in [1.82, 2.24) is 10.3 Å². The highest BCUT2D eigenvalue weighted by Crippen LogP contribution is 2.36. The largest absolute Gasteiger partial charge is 0.358 e. The summed E-state index contributed by atoms with van der Waals surface area (Å²) >= 11 is 0. The molecule has 1 aromatic carbocycles. The first-order valence-electron chi connectivity index (χ1n) is 6.18. The number of aromatic nitrogens is 1. The van der Waals surface area contributed by atoms with Gasteiger partial charge < -0.3 is 10.3 Å². The molecule has 1 aliphatic carbocycles. The highest BCUT2D eigenvalue weighted by atomic mass is 19.1. The van der Waals surface area contributed by atoms with Crippen molar-refractivity contribution in [3.63, 3.8) is 0 Å². The lowest BCUT2D eigenvalue weighted by molar-refractivity contribution is 0.497. The van der Waals surface area contributed by atoms with Crippen LogP contribution in [0.25, 0.3) is 10.9 Å². The van der Waals surface area contributed by atoms with E-state index >= 15 is 0 Å². The van der Waals surface area contributed by atoms with E-state index in [0.29, 0.717) is 6.04 Å². The third kappa shape index (κ3) is 1.57. The van der Waals surface area contributed by atoms with Gasteiger partial charge in [0, 0.05) is 22.6 Å². The predicted octanol–water partition coefficient (Wildman–Crippen LogP) is 3.21. The molecule has 1 atom stereocenters. The fourth-order valence-corrected chi connectivity index (χ4v) is 3.01. The zero-order valence-corrected chi connectivity index (χ0v) is 10.2. The van der Waals surface area contributed by atoms with Crippen LogP contribution in [0.4, 0.5) is 4.39 Å². The van der Waals surface area contributed by atoms with Gasteiger partial charge in [0.05, 0.1) is 0 Å². The average Bonchev–Trinajstić information content (AvgIpc) is 2.68. The Morgan fingerprint density at radius 2 is 2.24 bits per heavy atom. The lowest BCUT2D eigenvalue weighted by Gasteiger charge is -2.22. The van der Waals surface area contributed by atoms with E-state index in [4.69, 9.17) is 0 Å². The molecule has 2 N–H and O–H groups in total. The molecule has 0 spiro atoms. The Morgan fingerprint density at radius 3 is 3.00 bits per heavy atom. The average molecular weight is 232 g/mol. The van der Waals surface area contributed by atoms with E-state index in [-0.39, 0.29) is 5.82 Å². The second-order valence-electron chi connectivity index (χ2n) is 4.90. The molecule has 0 saturated carbocycles. The molecule has 3 rings (SSSR count). The molecule has 2 aromatic rings. The Hall–Kier alpha value is -1.35. The monoisotopic (exact) mass is 232 g/mol. The van der Waals surface area contributed by atoms with Crippen LogP contribution in [0.3, 0.4) is 0 Å². The maximum atomic E-state index is 13.5. The van der Waals surface area contributed by atoms with Gasteiger partial charge in [-0.1, -0.05) is 0 Å². The van der Waals surface area contributed by atoms with Gasteiger partial charge in [0.25, 0.3) is 0 Å². The second kappa shape index (κ2) is 3.84. The van der Waals surface area contributed by atoms with Gasteiger partial charge >= 0.3 is 0 Å². The number of fused-ring (bicyclic) bond motifs is 3. The zero-order valence-electron chi connectivity index (χ0n) is 10.2. The number of nitrogens with one attached hydrogen (secondary N) is 2. The Balaban J connectivity index is 2.32. The van der Waals surface area contributed by atoms with Crippen molar-refractivity contribution < 1.29 is 4.39 Å². The van der Waals surface area contributed by atoms with E-state index in [2.05, 4.69) is 10.3 Å². The molecule has 0 amide bonds. The van der Waals surface area contributed by atoms with Crippen molar-refractivity contribution in [3.05, 3.63) is 34.8 Å². The number of aryl methyl sites for hydroxylation is 2. The normalized spacial score (nSPS) is 19.6. The fraction of sp³-hybridized carbons (Fsp3) is 0.429. The van der Waals surface area contributed by atoms with Gasteiger partial charge in [0.1, 0.15) is 5.82 Å². The van der Waals surface area contributed by atoms with Crippen molar-refractivity contribution in [2.45, 2.75) is 32.2 Å². The van der Waals surface area contributed by atoms with Crippen LogP contribution >= 0.6 is 0 Å². The smallest absolute Gasteiger partial charge is 0.124 e. The van der Waals surface area contributed by atoms with E-state index in [0.717, 1.165) is 29.3 Å². The molecule has 1 aromatic heterocycles. The number of hydrogen-bond acceptors (Lipinski definition) is 1.